The van der Waals surface area contributed by atoms with Crippen molar-refractivity contribution in [3.8, 4) is 0 Å². The van der Waals surface area contributed by atoms with E-state index in [4.69, 9.17) is 10.5 Å². The predicted octanol–water partition coefficient (Wildman–Crippen LogP) is -0.0988. The Morgan fingerprint density at radius 3 is 3.00 bits per heavy atom. The molecule has 2 rings (SSSR count). The fourth-order valence-corrected chi connectivity index (χ4v) is 1.33. The maximum absolute atomic E-state index is 5.56. The fraction of sp³-hybridized carbons (Fsp3) is 0.714. The predicted molar refractivity (Wildman–Crippen MR) is 43.6 cm³/mol. The van der Waals surface area contributed by atoms with Crippen molar-refractivity contribution < 1.29 is 4.74 Å². The van der Waals surface area contributed by atoms with Crippen molar-refractivity contribution in [3.63, 3.8) is 0 Å². The minimum Gasteiger partial charge on any atom is -0.381 e. The van der Waals surface area contributed by atoms with Gasteiger partial charge >= 0.3 is 0 Å². The van der Waals surface area contributed by atoms with Crippen LogP contribution in [0.1, 0.15) is 18.2 Å². The van der Waals surface area contributed by atoms with Gasteiger partial charge in [0.15, 0.2) is 5.82 Å². The number of nitrogens with zero attached hydrogens (tertiary/aromatic N) is 3. The van der Waals surface area contributed by atoms with Crippen LogP contribution in [-0.4, -0.2) is 28.0 Å². The topological polar surface area (TPSA) is 66.0 Å². The normalized spacial score (nSPS) is 23.2. The second-order valence-electron chi connectivity index (χ2n) is 3.01. The summed E-state index contributed by atoms with van der Waals surface area (Å²) in [6.07, 6.45) is 1.00. The average Bonchev–Trinajstić information content (AvgIpc) is 2.61. The Morgan fingerprint density at radius 1 is 1.67 bits per heavy atom. The Balaban J connectivity index is 2.21. The molecule has 1 unspecified atom stereocenters. The Hall–Kier alpha value is -1.10. The van der Waals surface area contributed by atoms with Gasteiger partial charge in [0.05, 0.1) is 6.61 Å². The van der Waals surface area contributed by atoms with Gasteiger partial charge in [-0.3, -0.25) is 0 Å². The zero-order valence-corrected chi connectivity index (χ0v) is 7.03. The molecule has 66 valence electrons. The van der Waals surface area contributed by atoms with Crippen LogP contribution >= 0.6 is 0 Å². The lowest BCUT2D eigenvalue weighted by Crippen LogP contribution is -2.01. The molecule has 1 aliphatic rings. The molecule has 0 radical (unpaired) electrons. The Labute approximate surface area is 70.5 Å². The van der Waals surface area contributed by atoms with Gasteiger partial charge in [-0.2, -0.15) is 10.1 Å². The first-order valence-corrected chi connectivity index (χ1v) is 4.01. The highest BCUT2D eigenvalue weighted by Gasteiger charge is 2.22. The van der Waals surface area contributed by atoms with Gasteiger partial charge in [0, 0.05) is 19.6 Å². The first-order chi connectivity index (χ1) is 5.77. The maximum atomic E-state index is 5.56. The van der Waals surface area contributed by atoms with Gasteiger partial charge in [0.25, 0.3) is 0 Å². The lowest BCUT2D eigenvalue weighted by molar-refractivity contribution is 0.193. The number of nitrogen functional groups attached to an aromatic ring is 1. The standard InChI is InChI=1S/C7H12N4O/c1-11-7(8)9-6(10-11)5-2-3-12-4-5/h5H,2-4H2,1H3,(H2,8,9,10). The molecule has 2 heterocycles. The van der Waals surface area contributed by atoms with E-state index in [0.29, 0.717) is 11.9 Å². The summed E-state index contributed by atoms with van der Waals surface area (Å²) in [5, 5.41) is 4.19. The van der Waals surface area contributed by atoms with Crippen LogP contribution in [0.15, 0.2) is 0 Å². The molecule has 1 saturated heterocycles. The zero-order chi connectivity index (χ0) is 8.55. The van der Waals surface area contributed by atoms with Crippen LogP contribution in [0.5, 0.6) is 0 Å². The van der Waals surface area contributed by atoms with Gasteiger partial charge in [-0.25, -0.2) is 4.68 Å². The van der Waals surface area contributed by atoms with Gasteiger partial charge < -0.3 is 10.5 Å². The molecule has 0 amide bonds. The molecular formula is C7H12N4O. The van der Waals surface area contributed by atoms with Crippen LogP contribution in [0.4, 0.5) is 5.95 Å². The van der Waals surface area contributed by atoms with E-state index in [1.165, 1.54) is 0 Å². The molecule has 1 aromatic heterocycles. The summed E-state index contributed by atoms with van der Waals surface area (Å²) >= 11 is 0. The minimum atomic E-state index is 0.341. The number of rotatable bonds is 1. The molecule has 1 fully saturated rings. The van der Waals surface area contributed by atoms with Crippen molar-refractivity contribution >= 4 is 5.95 Å². The zero-order valence-electron chi connectivity index (χ0n) is 7.03. The highest BCUT2D eigenvalue weighted by atomic mass is 16.5. The Bertz CT molecular complexity index is 257. The Morgan fingerprint density at radius 2 is 2.50 bits per heavy atom. The monoisotopic (exact) mass is 168 g/mol. The largest absolute Gasteiger partial charge is 0.381 e. The lowest BCUT2D eigenvalue weighted by Gasteiger charge is -1.98. The summed E-state index contributed by atoms with van der Waals surface area (Å²) < 4.78 is 6.82. The molecule has 1 atom stereocenters. The van der Waals surface area contributed by atoms with Crippen molar-refractivity contribution in [1.29, 1.82) is 0 Å². The number of ether oxygens (including phenoxy) is 1. The van der Waals surface area contributed by atoms with E-state index in [-0.39, 0.29) is 0 Å². The van der Waals surface area contributed by atoms with Crippen LogP contribution in [-0.2, 0) is 11.8 Å². The molecule has 1 aliphatic heterocycles. The van der Waals surface area contributed by atoms with Crippen molar-refractivity contribution in [3.05, 3.63) is 5.82 Å². The van der Waals surface area contributed by atoms with Crippen molar-refractivity contribution in [2.75, 3.05) is 18.9 Å². The number of nitrogens with two attached hydrogens (primary N) is 1. The second-order valence-corrected chi connectivity index (χ2v) is 3.01. The molecule has 0 bridgehead atoms. The van der Waals surface area contributed by atoms with E-state index in [1.54, 1.807) is 11.7 Å². The van der Waals surface area contributed by atoms with Crippen LogP contribution < -0.4 is 5.73 Å². The van der Waals surface area contributed by atoms with Gasteiger partial charge in [-0.1, -0.05) is 0 Å². The number of aryl methyl sites for hydroxylation is 1. The van der Waals surface area contributed by atoms with E-state index < -0.39 is 0 Å². The number of aromatic nitrogens is 3. The number of anilines is 1. The molecule has 12 heavy (non-hydrogen) atoms. The fourth-order valence-electron chi connectivity index (χ4n) is 1.33. The molecule has 0 aliphatic carbocycles. The molecule has 1 aromatic rings. The summed E-state index contributed by atoms with van der Waals surface area (Å²) in [4.78, 5) is 4.14. The van der Waals surface area contributed by atoms with Crippen molar-refractivity contribution in [2.24, 2.45) is 7.05 Å². The highest BCUT2D eigenvalue weighted by Crippen LogP contribution is 2.22. The minimum absolute atomic E-state index is 0.341. The molecule has 0 aromatic carbocycles. The van der Waals surface area contributed by atoms with E-state index >= 15 is 0 Å². The third-order valence-electron chi connectivity index (χ3n) is 2.11. The summed E-state index contributed by atoms with van der Waals surface area (Å²) in [5.74, 6) is 1.62. The van der Waals surface area contributed by atoms with Crippen molar-refractivity contribution in [2.45, 2.75) is 12.3 Å². The average molecular weight is 168 g/mol. The first kappa shape index (κ1) is 7.54. The van der Waals surface area contributed by atoms with E-state index in [0.717, 1.165) is 25.5 Å². The second kappa shape index (κ2) is 2.75. The van der Waals surface area contributed by atoms with Gasteiger partial charge in [-0.05, 0) is 6.42 Å². The van der Waals surface area contributed by atoms with Crippen LogP contribution in [0.2, 0.25) is 0 Å². The van der Waals surface area contributed by atoms with E-state index in [2.05, 4.69) is 10.1 Å². The van der Waals surface area contributed by atoms with Crippen LogP contribution in [0.25, 0.3) is 0 Å². The van der Waals surface area contributed by atoms with Crippen molar-refractivity contribution in [1.82, 2.24) is 14.8 Å². The molecule has 0 saturated carbocycles. The molecule has 5 nitrogen and oxygen atoms in total. The van der Waals surface area contributed by atoms with Gasteiger partial charge in [0.2, 0.25) is 5.95 Å². The molecule has 5 heteroatoms. The van der Waals surface area contributed by atoms with Crippen LogP contribution in [0, 0.1) is 0 Å². The quantitative estimate of drug-likeness (QED) is 0.636. The third kappa shape index (κ3) is 1.16. The smallest absolute Gasteiger partial charge is 0.218 e. The summed E-state index contributed by atoms with van der Waals surface area (Å²) in [6, 6.07) is 0. The SMILES string of the molecule is Cn1nc(C2CCOC2)nc1N. The molecular weight excluding hydrogens is 156 g/mol. The maximum Gasteiger partial charge on any atom is 0.218 e. The van der Waals surface area contributed by atoms with Gasteiger partial charge in [0.1, 0.15) is 0 Å². The van der Waals surface area contributed by atoms with Gasteiger partial charge in [-0.15, -0.1) is 0 Å². The highest BCUT2D eigenvalue weighted by molar-refractivity contribution is 5.17. The lowest BCUT2D eigenvalue weighted by atomic mass is 10.1. The summed E-state index contributed by atoms with van der Waals surface area (Å²) in [5.41, 5.74) is 5.56. The van der Waals surface area contributed by atoms with E-state index in [9.17, 15) is 0 Å². The summed E-state index contributed by atoms with van der Waals surface area (Å²) in [6.45, 7) is 1.53. The third-order valence-corrected chi connectivity index (χ3v) is 2.11. The Kier molecular flexibility index (Phi) is 1.73. The first-order valence-electron chi connectivity index (χ1n) is 4.01. The molecule has 2 N–H and O–H groups in total. The summed E-state index contributed by atoms with van der Waals surface area (Å²) in [7, 11) is 1.79. The van der Waals surface area contributed by atoms with E-state index in [1.807, 2.05) is 0 Å². The van der Waals surface area contributed by atoms with Crippen LogP contribution in [0.3, 0.4) is 0 Å². The number of hydrogen-bond donors (Lipinski definition) is 1. The molecule has 0 spiro atoms. The number of hydrogen-bond acceptors (Lipinski definition) is 4.